The highest BCUT2D eigenvalue weighted by molar-refractivity contribution is 5.75. The maximum Gasteiger partial charge on any atom is 0.303 e. The first-order valence-electron chi connectivity index (χ1n) is 4.16. The van der Waals surface area contributed by atoms with Gasteiger partial charge in [-0.05, 0) is 6.08 Å². The Kier molecular flexibility index (Phi) is 7.29. The summed E-state index contributed by atoms with van der Waals surface area (Å²) in [6.07, 6.45) is 8.23. The van der Waals surface area contributed by atoms with Gasteiger partial charge < -0.3 is 15.5 Å². The molecule has 0 unspecified atom stereocenters. The van der Waals surface area contributed by atoms with Crippen LogP contribution in [0.15, 0.2) is 29.7 Å². The molecule has 0 radical (unpaired) electrons. The normalized spacial score (nSPS) is 12.0. The fourth-order valence-electron chi connectivity index (χ4n) is 0.553. The summed E-state index contributed by atoms with van der Waals surface area (Å²) in [7, 11) is 0. The van der Waals surface area contributed by atoms with Crippen LogP contribution in [0.5, 0.6) is 0 Å². The number of allylic oxidation sites excluding steroid dienone is 1. The van der Waals surface area contributed by atoms with E-state index in [9.17, 15) is 9.59 Å². The molecule has 0 spiro atoms. The third kappa shape index (κ3) is 11.9. The Morgan fingerprint density at radius 2 is 1.73 bits per heavy atom. The number of aliphatic carboxylic acids is 2. The minimum absolute atomic E-state index is 0.296. The molecule has 0 amide bonds. The lowest BCUT2D eigenvalue weighted by atomic mass is 10.3. The highest BCUT2D eigenvalue weighted by Crippen LogP contribution is 1.86. The molecular formula is C9H12N2O4. The molecule has 0 aliphatic carbocycles. The average molecular weight is 212 g/mol. The Morgan fingerprint density at radius 3 is 2.27 bits per heavy atom. The maximum atomic E-state index is 9.64. The molecule has 1 aliphatic heterocycles. The quantitative estimate of drug-likeness (QED) is 0.635. The standard InChI is InChI=1S/C5H6N2.C4H6O4/c1-2-6-4-5-7-3-1;5-3(6)1-2-4(7)8/h1-6H;1-2H2,(H,5,6)(H,7,8). The highest BCUT2D eigenvalue weighted by atomic mass is 16.4. The highest BCUT2D eigenvalue weighted by Gasteiger charge is 2.00. The summed E-state index contributed by atoms with van der Waals surface area (Å²) in [5, 5.41) is 18.7. The molecule has 0 saturated heterocycles. The van der Waals surface area contributed by atoms with E-state index in [1.54, 1.807) is 18.6 Å². The second-order valence-electron chi connectivity index (χ2n) is 2.43. The van der Waals surface area contributed by atoms with Crippen molar-refractivity contribution in [2.75, 3.05) is 0 Å². The first kappa shape index (κ1) is 12.9. The molecule has 1 aliphatic rings. The summed E-state index contributed by atoms with van der Waals surface area (Å²) in [6, 6.07) is 0. The van der Waals surface area contributed by atoms with E-state index in [4.69, 9.17) is 10.2 Å². The van der Waals surface area contributed by atoms with E-state index in [1.165, 1.54) is 0 Å². The molecule has 15 heavy (non-hydrogen) atoms. The molecule has 6 nitrogen and oxygen atoms in total. The van der Waals surface area contributed by atoms with Crippen LogP contribution < -0.4 is 5.32 Å². The van der Waals surface area contributed by atoms with Gasteiger partial charge in [0.05, 0.1) is 12.8 Å². The van der Waals surface area contributed by atoms with Gasteiger partial charge in [-0.3, -0.25) is 14.6 Å². The zero-order valence-corrected chi connectivity index (χ0v) is 7.96. The van der Waals surface area contributed by atoms with E-state index < -0.39 is 11.9 Å². The number of hydrogen-bond donors (Lipinski definition) is 3. The van der Waals surface area contributed by atoms with E-state index in [1.807, 2.05) is 12.3 Å². The van der Waals surface area contributed by atoms with Crippen LogP contribution >= 0.6 is 0 Å². The minimum Gasteiger partial charge on any atom is -0.481 e. The van der Waals surface area contributed by atoms with Crippen LogP contribution in [0.4, 0.5) is 0 Å². The second kappa shape index (κ2) is 8.49. The molecule has 0 saturated carbocycles. The van der Waals surface area contributed by atoms with Crippen LogP contribution in [0.25, 0.3) is 0 Å². The number of nitrogens with one attached hydrogen (secondary N) is 1. The average Bonchev–Trinajstić information content (AvgIpc) is 2.47. The summed E-state index contributed by atoms with van der Waals surface area (Å²) >= 11 is 0. The molecule has 0 aromatic heterocycles. The third-order valence-corrected chi connectivity index (χ3v) is 1.17. The van der Waals surface area contributed by atoms with Crippen LogP contribution in [-0.4, -0.2) is 28.4 Å². The van der Waals surface area contributed by atoms with E-state index in [-0.39, 0.29) is 12.8 Å². The van der Waals surface area contributed by atoms with Gasteiger partial charge in [0.15, 0.2) is 0 Å². The van der Waals surface area contributed by atoms with Crippen molar-refractivity contribution in [1.29, 1.82) is 0 Å². The van der Waals surface area contributed by atoms with Crippen LogP contribution in [0.2, 0.25) is 0 Å². The van der Waals surface area contributed by atoms with Crippen molar-refractivity contribution in [2.24, 2.45) is 4.99 Å². The Hall–Kier alpha value is -2.11. The molecule has 1 rings (SSSR count). The Labute approximate surface area is 86.6 Å². The van der Waals surface area contributed by atoms with E-state index in [0.717, 1.165) is 0 Å². The smallest absolute Gasteiger partial charge is 0.303 e. The molecule has 0 aromatic carbocycles. The molecule has 3 N–H and O–H groups in total. The summed E-state index contributed by atoms with van der Waals surface area (Å²) in [4.78, 5) is 23.1. The van der Waals surface area contributed by atoms with Gasteiger partial charge in [-0.25, -0.2) is 0 Å². The van der Waals surface area contributed by atoms with Crippen LogP contribution in [0, 0.1) is 0 Å². The van der Waals surface area contributed by atoms with Gasteiger partial charge in [-0.2, -0.15) is 0 Å². The topological polar surface area (TPSA) is 99.0 Å². The van der Waals surface area contributed by atoms with E-state index >= 15 is 0 Å². The van der Waals surface area contributed by atoms with Crippen molar-refractivity contribution < 1.29 is 19.8 Å². The SMILES string of the molecule is C1=CNC=CN=C1.O=C(O)CCC(=O)O. The fraction of sp³-hybridized carbons (Fsp3) is 0.222. The molecule has 0 bridgehead atoms. The van der Waals surface area contributed by atoms with Crippen LogP contribution in [0.1, 0.15) is 12.8 Å². The predicted octanol–water partition coefficient (Wildman–Crippen LogP) is 0.581. The Morgan fingerprint density at radius 1 is 1.13 bits per heavy atom. The van der Waals surface area contributed by atoms with E-state index in [0.29, 0.717) is 0 Å². The van der Waals surface area contributed by atoms with Gasteiger partial charge >= 0.3 is 11.9 Å². The van der Waals surface area contributed by atoms with Crippen LogP contribution in [-0.2, 0) is 9.59 Å². The monoisotopic (exact) mass is 212 g/mol. The third-order valence-electron chi connectivity index (χ3n) is 1.17. The molecule has 0 aromatic rings. The molecule has 1 heterocycles. The van der Waals surface area contributed by atoms with Crippen molar-refractivity contribution >= 4 is 18.2 Å². The van der Waals surface area contributed by atoms with Crippen LogP contribution in [0.3, 0.4) is 0 Å². The number of nitrogens with zero attached hydrogens (tertiary/aromatic N) is 1. The first-order valence-corrected chi connectivity index (χ1v) is 4.16. The largest absolute Gasteiger partial charge is 0.481 e. The summed E-state index contributed by atoms with van der Waals surface area (Å²) in [5.74, 6) is -2.15. The summed E-state index contributed by atoms with van der Waals surface area (Å²) in [6.45, 7) is 0. The summed E-state index contributed by atoms with van der Waals surface area (Å²) in [5.41, 5.74) is 0. The number of carboxylic acid groups (broad SMARTS) is 2. The van der Waals surface area contributed by atoms with Gasteiger partial charge in [-0.1, -0.05) is 0 Å². The Bertz CT molecular complexity index is 266. The molecule has 6 heteroatoms. The molecule has 0 atom stereocenters. The zero-order valence-electron chi connectivity index (χ0n) is 7.96. The number of rotatable bonds is 3. The minimum atomic E-state index is -1.08. The number of carbonyl (C=O) groups is 2. The number of carboxylic acids is 2. The molecular weight excluding hydrogens is 200 g/mol. The Balaban J connectivity index is 0.000000262. The zero-order chi connectivity index (χ0) is 11.5. The van der Waals surface area contributed by atoms with E-state index in [2.05, 4.69) is 10.3 Å². The van der Waals surface area contributed by atoms with Gasteiger partial charge in [0, 0.05) is 24.8 Å². The lowest BCUT2D eigenvalue weighted by molar-refractivity contribution is -0.143. The summed E-state index contributed by atoms with van der Waals surface area (Å²) < 4.78 is 0. The molecule has 82 valence electrons. The van der Waals surface area contributed by atoms with Gasteiger partial charge in [-0.15, -0.1) is 0 Å². The van der Waals surface area contributed by atoms with Crippen molar-refractivity contribution in [3.05, 3.63) is 24.7 Å². The lowest BCUT2D eigenvalue weighted by Gasteiger charge is -1.85. The lowest BCUT2D eigenvalue weighted by Crippen LogP contribution is -2.00. The fourth-order valence-corrected chi connectivity index (χ4v) is 0.553. The van der Waals surface area contributed by atoms with Gasteiger partial charge in [0.2, 0.25) is 0 Å². The second-order valence-corrected chi connectivity index (χ2v) is 2.43. The van der Waals surface area contributed by atoms with Crippen molar-refractivity contribution in [2.45, 2.75) is 12.8 Å². The molecule has 0 fully saturated rings. The van der Waals surface area contributed by atoms with Crippen molar-refractivity contribution in [3.8, 4) is 0 Å². The maximum absolute atomic E-state index is 9.64. The van der Waals surface area contributed by atoms with Crippen molar-refractivity contribution in [1.82, 2.24) is 5.32 Å². The predicted molar refractivity (Wildman–Crippen MR) is 54.4 cm³/mol. The number of hydrogen-bond acceptors (Lipinski definition) is 4. The van der Waals surface area contributed by atoms with Gasteiger partial charge in [0.1, 0.15) is 0 Å². The first-order chi connectivity index (χ1) is 7.13. The van der Waals surface area contributed by atoms with Crippen molar-refractivity contribution in [3.63, 3.8) is 0 Å². The van der Waals surface area contributed by atoms with Gasteiger partial charge in [0.25, 0.3) is 0 Å². The number of aliphatic imine (C=N–C) groups is 1.